The molecule has 5 nitrogen and oxygen atoms in total. The van der Waals surface area contributed by atoms with E-state index in [-0.39, 0.29) is 6.54 Å². The predicted molar refractivity (Wildman–Crippen MR) is 68.3 cm³/mol. The summed E-state index contributed by atoms with van der Waals surface area (Å²) in [6.45, 7) is 2.47. The van der Waals surface area contributed by atoms with Gasteiger partial charge in [-0.2, -0.15) is 0 Å². The lowest BCUT2D eigenvalue weighted by atomic mass is 10.1. The van der Waals surface area contributed by atoms with E-state index in [1.807, 2.05) is 13.0 Å². The zero-order chi connectivity index (χ0) is 13.7. The van der Waals surface area contributed by atoms with Gasteiger partial charge in [0.2, 0.25) is 0 Å². The fourth-order valence-electron chi connectivity index (χ4n) is 1.81. The standard InChI is InChI=1S/C13H19NO4/c1-9-5-10(17-3)6-12(18-4)11(9)7-14(2)8-13(15)16/h5-6H,7-8H2,1-4H3,(H,15,16). The lowest BCUT2D eigenvalue weighted by Crippen LogP contribution is -2.25. The Morgan fingerprint density at radius 2 is 2.00 bits per heavy atom. The van der Waals surface area contributed by atoms with Crippen molar-refractivity contribution >= 4 is 5.97 Å². The molecule has 100 valence electrons. The summed E-state index contributed by atoms with van der Waals surface area (Å²) in [5.41, 5.74) is 1.99. The van der Waals surface area contributed by atoms with Crippen molar-refractivity contribution in [2.24, 2.45) is 0 Å². The molecule has 0 saturated heterocycles. The lowest BCUT2D eigenvalue weighted by molar-refractivity contribution is -0.138. The largest absolute Gasteiger partial charge is 0.497 e. The molecule has 0 aliphatic carbocycles. The fourth-order valence-corrected chi connectivity index (χ4v) is 1.81. The minimum atomic E-state index is -0.845. The van der Waals surface area contributed by atoms with Gasteiger partial charge in [0, 0.05) is 18.2 Å². The Balaban J connectivity index is 2.97. The maximum atomic E-state index is 10.6. The molecule has 18 heavy (non-hydrogen) atoms. The van der Waals surface area contributed by atoms with E-state index in [4.69, 9.17) is 14.6 Å². The molecule has 1 aromatic rings. The van der Waals surface area contributed by atoms with E-state index in [1.165, 1.54) is 0 Å². The molecule has 0 atom stereocenters. The third-order valence-corrected chi connectivity index (χ3v) is 2.69. The molecule has 0 saturated carbocycles. The minimum Gasteiger partial charge on any atom is -0.497 e. The van der Waals surface area contributed by atoms with E-state index >= 15 is 0 Å². The summed E-state index contributed by atoms with van der Waals surface area (Å²) in [6, 6.07) is 3.71. The average molecular weight is 253 g/mol. The summed E-state index contributed by atoms with van der Waals surface area (Å²) in [5.74, 6) is 0.598. The third kappa shape index (κ3) is 3.63. The molecule has 0 amide bonds. The molecule has 5 heteroatoms. The summed E-state index contributed by atoms with van der Waals surface area (Å²) in [5, 5.41) is 8.75. The van der Waals surface area contributed by atoms with Crippen LogP contribution in [0.5, 0.6) is 11.5 Å². The van der Waals surface area contributed by atoms with Crippen LogP contribution in [0.15, 0.2) is 12.1 Å². The molecule has 0 aliphatic heterocycles. The second-order valence-electron chi connectivity index (χ2n) is 4.19. The van der Waals surface area contributed by atoms with E-state index in [2.05, 4.69) is 0 Å². The smallest absolute Gasteiger partial charge is 0.317 e. The van der Waals surface area contributed by atoms with E-state index in [0.717, 1.165) is 16.9 Å². The Hall–Kier alpha value is -1.75. The summed E-state index contributed by atoms with van der Waals surface area (Å²) in [7, 11) is 4.95. The van der Waals surface area contributed by atoms with Crippen LogP contribution in [0.4, 0.5) is 0 Å². The summed E-state index contributed by atoms with van der Waals surface area (Å²) in [6.07, 6.45) is 0. The molecule has 0 spiro atoms. The zero-order valence-corrected chi connectivity index (χ0v) is 11.2. The van der Waals surface area contributed by atoms with Crippen LogP contribution in [-0.2, 0) is 11.3 Å². The summed E-state index contributed by atoms with van der Waals surface area (Å²) >= 11 is 0. The third-order valence-electron chi connectivity index (χ3n) is 2.69. The molecule has 1 rings (SSSR count). The molecule has 0 bridgehead atoms. The van der Waals surface area contributed by atoms with Gasteiger partial charge in [-0.25, -0.2) is 0 Å². The first-order chi connectivity index (χ1) is 8.47. The van der Waals surface area contributed by atoms with Crippen molar-refractivity contribution in [1.29, 1.82) is 0 Å². The quantitative estimate of drug-likeness (QED) is 0.833. The van der Waals surface area contributed by atoms with Crippen LogP contribution in [-0.4, -0.2) is 43.8 Å². The number of likely N-dealkylation sites (N-methyl/N-ethyl adjacent to an activating group) is 1. The van der Waals surface area contributed by atoms with Gasteiger partial charge in [0.05, 0.1) is 20.8 Å². The number of nitrogens with zero attached hydrogens (tertiary/aromatic N) is 1. The number of carboxylic acid groups (broad SMARTS) is 1. The second kappa shape index (κ2) is 6.26. The van der Waals surface area contributed by atoms with Crippen molar-refractivity contribution in [3.05, 3.63) is 23.3 Å². The van der Waals surface area contributed by atoms with Gasteiger partial charge in [-0.3, -0.25) is 9.69 Å². The molecular weight excluding hydrogens is 234 g/mol. The van der Waals surface area contributed by atoms with Gasteiger partial charge < -0.3 is 14.6 Å². The number of rotatable bonds is 6. The first-order valence-electron chi connectivity index (χ1n) is 5.59. The van der Waals surface area contributed by atoms with Crippen molar-refractivity contribution in [3.63, 3.8) is 0 Å². The Morgan fingerprint density at radius 3 is 2.50 bits per heavy atom. The molecule has 0 aromatic heterocycles. The maximum Gasteiger partial charge on any atom is 0.317 e. The van der Waals surface area contributed by atoms with Gasteiger partial charge in [-0.05, 0) is 25.6 Å². The maximum absolute atomic E-state index is 10.6. The molecule has 1 N–H and O–H groups in total. The van der Waals surface area contributed by atoms with E-state index in [9.17, 15) is 4.79 Å². The Labute approximate surface area is 107 Å². The number of hydrogen-bond donors (Lipinski definition) is 1. The number of carbonyl (C=O) groups is 1. The molecule has 0 heterocycles. The monoisotopic (exact) mass is 253 g/mol. The molecule has 0 fully saturated rings. The van der Waals surface area contributed by atoms with Crippen LogP contribution in [0, 0.1) is 6.92 Å². The van der Waals surface area contributed by atoms with Crippen molar-refractivity contribution in [2.45, 2.75) is 13.5 Å². The van der Waals surface area contributed by atoms with Crippen LogP contribution in [0.1, 0.15) is 11.1 Å². The molecule has 0 unspecified atom stereocenters. The zero-order valence-electron chi connectivity index (χ0n) is 11.2. The highest BCUT2D eigenvalue weighted by Crippen LogP contribution is 2.29. The van der Waals surface area contributed by atoms with Crippen LogP contribution in [0.25, 0.3) is 0 Å². The van der Waals surface area contributed by atoms with Crippen LogP contribution < -0.4 is 9.47 Å². The molecule has 0 radical (unpaired) electrons. The van der Waals surface area contributed by atoms with Gasteiger partial charge in [0.1, 0.15) is 11.5 Å². The van der Waals surface area contributed by atoms with E-state index in [1.54, 1.807) is 32.2 Å². The van der Waals surface area contributed by atoms with Crippen LogP contribution in [0.3, 0.4) is 0 Å². The normalized spacial score (nSPS) is 10.5. The van der Waals surface area contributed by atoms with Crippen LogP contribution >= 0.6 is 0 Å². The number of methoxy groups -OCH3 is 2. The molecule has 0 aliphatic rings. The molecule has 1 aromatic carbocycles. The van der Waals surface area contributed by atoms with Crippen molar-refractivity contribution < 1.29 is 19.4 Å². The number of carboxylic acids is 1. The highest BCUT2D eigenvalue weighted by Gasteiger charge is 2.13. The van der Waals surface area contributed by atoms with Gasteiger partial charge in [0.15, 0.2) is 0 Å². The number of ether oxygens (including phenoxy) is 2. The predicted octanol–water partition coefficient (Wildman–Crippen LogP) is 1.53. The van der Waals surface area contributed by atoms with Crippen LogP contribution in [0.2, 0.25) is 0 Å². The lowest BCUT2D eigenvalue weighted by Gasteiger charge is -2.19. The van der Waals surface area contributed by atoms with Crippen molar-refractivity contribution in [2.75, 3.05) is 27.8 Å². The number of benzene rings is 1. The highest BCUT2D eigenvalue weighted by molar-refractivity contribution is 5.69. The first-order valence-corrected chi connectivity index (χ1v) is 5.59. The topological polar surface area (TPSA) is 59.0 Å². The van der Waals surface area contributed by atoms with Gasteiger partial charge >= 0.3 is 5.97 Å². The minimum absolute atomic E-state index is 0.00533. The number of hydrogen-bond acceptors (Lipinski definition) is 4. The first kappa shape index (κ1) is 14.3. The summed E-state index contributed by atoms with van der Waals surface area (Å²) < 4.78 is 10.5. The highest BCUT2D eigenvalue weighted by atomic mass is 16.5. The SMILES string of the molecule is COc1cc(C)c(CN(C)CC(=O)O)c(OC)c1. The fraction of sp³-hybridized carbons (Fsp3) is 0.462. The van der Waals surface area contributed by atoms with E-state index in [0.29, 0.717) is 12.3 Å². The van der Waals surface area contributed by atoms with Gasteiger partial charge in [0.25, 0.3) is 0 Å². The average Bonchev–Trinajstić information content (AvgIpc) is 2.30. The molecular formula is C13H19NO4. The van der Waals surface area contributed by atoms with Crippen molar-refractivity contribution in [1.82, 2.24) is 4.90 Å². The Kier molecular flexibility index (Phi) is 4.97. The van der Waals surface area contributed by atoms with E-state index < -0.39 is 5.97 Å². The second-order valence-corrected chi connectivity index (χ2v) is 4.19. The van der Waals surface area contributed by atoms with Gasteiger partial charge in [-0.15, -0.1) is 0 Å². The summed E-state index contributed by atoms with van der Waals surface area (Å²) in [4.78, 5) is 12.4. The Bertz CT molecular complexity index is 431. The Morgan fingerprint density at radius 1 is 1.33 bits per heavy atom. The van der Waals surface area contributed by atoms with Gasteiger partial charge in [-0.1, -0.05) is 0 Å². The number of aliphatic carboxylic acids is 1. The van der Waals surface area contributed by atoms with Crippen molar-refractivity contribution in [3.8, 4) is 11.5 Å². The number of aryl methyl sites for hydroxylation is 1.